The number of aromatic nitrogens is 2. The van der Waals surface area contributed by atoms with Crippen molar-refractivity contribution in [1.29, 1.82) is 0 Å². The number of ether oxygens (including phenoxy) is 2. The van der Waals surface area contributed by atoms with Gasteiger partial charge in [-0.3, -0.25) is 4.79 Å². The van der Waals surface area contributed by atoms with Crippen molar-refractivity contribution >= 4 is 17.5 Å². The molecule has 0 unspecified atom stereocenters. The number of nitrogens with zero attached hydrogens (tertiary/aromatic N) is 2. The Morgan fingerprint density at radius 2 is 2.00 bits per heavy atom. The number of carbonyl (C=O) groups is 1. The zero-order valence-corrected chi connectivity index (χ0v) is 16.8. The maximum absolute atomic E-state index is 12.8. The monoisotopic (exact) mass is 413 g/mol. The van der Waals surface area contributed by atoms with E-state index < -0.39 is 6.04 Å². The fraction of sp³-hybridized carbons (Fsp3) is 0.286. The largest absolute Gasteiger partial charge is 0.454 e. The number of amides is 1. The van der Waals surface area contributed by atoms with Crippen molar-refractivity contribution in [1.82, 2.24) is 15.5 Å². The van der Waals surface area contributed by atoms with E-state index in [1.807, 2.05) is 19.9 Å². The second-order valence-electron chi connectivity index (χ2n) is 6.84. The van der Waals surface area contributed by atoms with Crippen LogP contribution in [-0.4, -0.2) is 22.8 Å². The van der Waals surface area contributed by atoms with E-state index >= 15 is 0 Å². The summed E-state index contributed by atoms with van der Waals surface area (Å²) in [4.78, 5) is 17.3. The molecule has 1 N–H and O–H groups in total. The minimum absolute atomic E-state index is 0.0755. The molecule has 0 saturated carbocycles. The first-order valence-electron chi connectivity index (χ1n) is 9.35. The zero-order valence-electron chi connectivity index (χ0n) is 16.0. The van der Waals surface area contributed by atoms with Gasteiger partial charge in [0.15, 0.2) is 11.5 Å². The summed E-state index contributed by atoms with van der Waals surface area (Å²) in [6, 6.07) is 11.9. The lowest BCUT2D eigenvalue weighted by Gasteiger charge is -2.21. The average Bonchev–Trinajstić information content (AvgIpc) is 3.40. The third-order valence-electron chi connectivity index (χ3n) is 4.96. The topological polar surface area (TPSA) is 86.5 Å². The smallest absolute Gasteiger partial charge is 0.253 e. The van der Waals surface area contributed by atoms with Gasteiger partial charge in [0, 0.05) is 5.56 Å². The van der Waals surface area contributed by atoms with Crippen LogP contribution in [0.4, 0.5) is 0 Å². The molecule has 1 aliphatic heterocycles. The number of fused-ring (bicyclic) bond motifs is 1. The van der Waals surface area contributed by atoms with Gasteiger partial charge < -0.3 is 19.3 Å². The zero-order chi connectivity index (χ0) is 20.4. The molecule has 0 spiro atoms. The maximum atomic E-state index is 12.8. The van der Waals surface area contributed by atoms with E-state index in [1.54, 1.807) is 36.4 Å². The summed E-state index contributed by atoms with van der Waals surface area (Å²) in [5.41, 5.74) is 1.14. The first-order chi connectivity index (χ1) is 14.1. The summed E-state index contributed by atoms with van der Waals surface area (Å²) in [6.45, 7) is 4.25. The molecule has 0 aliphatic carbocycles. The molecule has 4 rings (SSSR count). The average molecular weight is 414 g/mol. The molecule has 2 atom stereocenters. The quantitative estimate of drug-likeness (QED) is 0.633. The van der Waals surface area contributed by atoms with Crippen LogP contribution in [0.15, 0.2) is 47.0 Å². The van der Waals surface area contributed by atoms with Gasteiger partial charge in [0.05, 0.1) is 10.6 Å². The number of rotatable bonds is 6. The summed E-state index contributed by atoms with van der Waals surface area (Å²) in [5, 5.41) is 7.46. The highest BCUT2D eigenvalue weighted by Crippen LogP contribution is 2.35. The SMILES string of the molecule is CC[C@H](C)[C@@H](NC(=O)c1ccccc1Cl)c1nc(-c2ccc3c(c2)OCO3)no1. The fourth-order valence-electron chi connectivity index (χ4n) is 3.06. The Balaban J connectivity index is 1.60. The lowest BCUT2D eigenvalue weighted by molar-refractivity contribution is 0.0910. The first-order valence-corrected chi connectivity index (χ1v) is 9.73. The van der Waals surface area contributed by atoms with Crippen molar-refractivity contribution in [3.8, 4) is 22.9 Å². The molecule has 0 radical (unpaired) electrons. The van der Waals surface area contributed by atoms with Gasteiger partial charge in [0.25, 0.3) is 5.91 Å². The van der Waals surface area contributed by atoms with E-state index in [0.29, 0.717) is 33.8 Å². The highest BCUT2D eigenvalue weighted by Gasteiger charge is 2.28. The van der Waals surface area contributed by atoms with Gasteiger partial charge in [0.2, 0.25) is 18.5 Å². The molecular weight excluding hydrogens is 394 g/mol. The number of benzene rings is 2. The Labute approximate surface area is 173 Å². The van der Waals surface area contributed by atoms with Gasteiger partial charge >= 0.3 is 0 Å². The van der Waals surface area contributed by atoms with Crippen molar-refractivity contribution < 1.29 is 18.8 Å². The van der Waals surface area contributed by atoms with Gasteiger partial charge in [-0.25, -0.2) is 0 Å². The molecule has 7 nitrogen and oxygen atoms in total. The molecule has 0 bridgehead atoms. The van der Waals surface area contributed by atoms with Crippen LogP contribution in [0.5, 0.6) is 11.5 Å². The van der Waals surface area contributed by atoms with Crippen LogP contribution in [0.3, 0.4) is 0 Å². The molecule has 0 fully saturated rings. The Hall–Kier alpha value is -3.06. The normalized spacial score (nSPS) is 14.4. The summed E-state index contributed by atoms with van der Waals surface area (Å²) >= 11 is 6.16. The molecule has 1 aromatic heterocycles. The van der Waals surface area contributed by atoms with E-state index in [2.05, 4.69) is 15.5 Å². The fourth-order valence-corrected chi connectivity index (χ4v) is 3.28. The van der Waals surface area contributed by atoms with E-state index in [1.165, 1.54) is 0 Å². The minimum atomic E-state index is -0.445. The molecule has 150 valence electrons. The summed E-state index contributed by atoms with van der Waals surface area (Å²) in [5.74, 6) is 1.86. The molecule has 0 saturated heterocycles. The predicted octanol–water partition coefficient (Wildman–Crippen LogP) is 4.64. The lowest BCUT2D eigenvalue weighted by atomic mass is 9.98. The highest BCUT2D eigenvalue weighted by molar-refractivity contribution is 6.33. The van der Waals surface area contributed by atoms with Crippen molar-refractivity contribution in [2.24, 2.45) is 5.92 Å². The number of halogens is 1. The summed E-state index contributed by atoms with van der Waals surface area (Å²) in [6.07, 6.45) is 0.815. The third-order valence-corrected chi connectivity index (χ3v) is 5.29. The molecule has 2 aromatic carbocycles. The van der Waals surface area contributed by atoms with Gasteiger partial charge in [-0.2, -0.15) is 4.98 Å². The second-order valence-corrected chi connectivity index (χ2v) is 7.25. The Bertz CT molecular complexity index is 1040. The van der Waals surface area contributed by atoms with E-state index in [0.717, 1.165) is 12.0 Å². The minimum Gasteiger partial charge on any atom is -0.454 e. The summed E-state index contributed by atoms with van der Waals surface area (Å²) < 4.78 is 16.2. The molecule has 1 amide bonds. The number of nitrogens with one attached hydrogen (secondary N) is 1. The van der Waals surface area contributed by atoms with Crippen molar-refractivity contribution in [3.63, 3.8) is 0 Å². The number of carbonyl (C=O) groups excluding carboxylic acids is 1. The predicted molar refractivity (Wildman–Crippen MR) is 107 cm³/mol. The standard InChI is InChI=1S/C21H20ClN3O4/c1-3-12(2)18(23-20(26)14-6-4-5-7-15(14)22)21-24-19(25-29-21)13-8-9-16-17(10-13)28-11-27-16/h4-10,12,18H,3,11H2,1-2H3,(H,23,26)/t12-,18+/m0/s1. The second kappa shape index (κ2) is 8.13. The molecule has 8 heteroatoms. The number of hydrogen-bond donors (Lipinski definition) is 1. The molecule has 1 aliphatic rings. The number of hydrogen-bond acceptors (Lipinski definition) is 6. The molecule has 2 heterocycles. The Kier molecular flexibility index (Phi) is 5.40. The Morgan fingerprint density at radius 3 is 2.79 bits per heavy atom. The van der Waals surface area contributed by atoms with Crippen LogP contribution in [0.25, 0.3) is 11.4 Å². The van der Waals surface area contributed by atoms with Crippen LogP contribution in [0.1, 0.15) is 42.6 Å². The maximum Gasteiger partial charge on any atom is 0.253 e. The first kappa shape index (κ1) is 19.3. The molecule has 29 heavy (non-hydrogen) atoms. The van der Waals surface area contributed by atoms with Gasteiger partial charge in [-0.05, 0) is 36.2 Å². The third kappa shape index (κ3) is 3.91. The molecule has 3 aromatic rings. The van der Waals surface area contributed by atoms with E-state index in [4.69, 9.17) is 25.6 Å². The van der Waals surface area contributed by atoms with Crippen LogP contribution in [0, 0.1) is 5.92 Å². The van der Waals surface area contributed by atoms with Crippen molar-refractivity contribution in [3.05, 3.63) is 58.9 Å². The van der Waals surface area contributed by atoms with Crippen LogP contribution in [0.2, 0.25) is 5.02 Å². The van der Waals surface area contributed by atoms with Gasteiger partial charge in [-0.15, -0.1) is 0 Å². The van der Waals surface area contributed by atoms with Gasteiger partial charge in [0.1, 0.15) is 6.04 Å². The van der Waals surface area contributed by atoms with Crippen LogP contribution < -0.4 is 14.8 Å². The lowest BCUT2D eigenvalue weighted by Crippen LogP contribution is -2.33. The van der Waals surface area contributed by atoms with Gasteiger partial charge in [-0.1, -0.05) is 49.2 Å². The summed E-state index contributed by atoms with van der Waals surface area (Å²) in [7, 11) is 0. The highest BCUT2D eigenvalue weighted by atomic mass is 35.5. The molecular formula is C21H20ClN3O4. The van der Waals surface area contributed by atoms with E-state index in [9.17, 15) is 4.79 Å². The van der Waals surface area contributed by atoms with Crippen LogP contribution >= 0.6 is 11.6 Å². The van der Waals surface area contributed by atoms with Crippen molar-refractivity contribution in [2.45, 2.75) is 26.3 Å². The van der Waals surface area contributed by atoms with Crippen LogP contribution in [-0.2, 0) is 0 Å². The van der Waals surface area contributed by atoms with Crippen molar-refractivity contribution in [2.75, 3.05) is 6.79 Å². The Morgan fingerprint density at radius 1 is 1.21 bits per heavy atom. The van der Waals surface area contributed by atoms with E-state index in [-0.39, 0.29) is 18.6 Å².